The molecule has 0 aromatic carbocycles. The molecule has 0 spiro atoms. The molecule has 0 amide bonds. The molecule has 160 valence electrons. The summed E-state index contributed by atoms with van der Waals surface area (Å²) in [6, 6.07) is 0. The smallest absolute Gasteiger partial charge is 0.316 e. The highest BCUT2D eigenvalue weighted by molar-refractivity contribution is 6.87. The summed E-state index contributed by atoms with van der Waals surface area (Å²) in [5.41, 5.74) is -0.676. The summed E-state index contributed by atoms with van der Waals surface area (Å²) < 4.78 is 6.18. The Bertz CT molecular complexity index is 745. The number of Topliss-reactive ketones (excluding diaryl/α,β-unsaturated/α-hetero) is 1. The van der Waals surface area contributed by atoms with Crippen molar-refractivity contribution in [1.29, 1.82) is 0 Å². The number of ketones is 1. The molecule has 1 unspecified atom stereocenters. The van der Waals surface area contributed by atoms with Crippen molar-refractivity contribution in [2.75, 3.05) is 0 Å². The minimum atomic E-state index is -1.99. The van der Waals surface area contributed by atoms with E-state index in [0.29, 0.717) is 0 Å². The molecule has 0 bridgehead atoms. The van der Waals surface area contributed by atoms with E-state index in [9.17, 15) is 9.59 Å². The van der Waals surface area contributed by atoms with Gasteiger partial charge in [0, 0.05) is 5.41 Å². The average molecular weight is 423 g/mol. The van der Waals surface area contributed by atoms with Crippen LogP contribution in [-0.2, 0) is 14.3 Å². The third-order valence-electron chi connectivity index (χ3n) is 5.52. The molecule has 0 heterocycles. The highest BCUT2D eigenvalue weighted by atomic mass is 28.3. The number of rotatable bonds is 4. The number of ether oxygens (including phenoxy) is 1. The fraction of sp³-hybridized carbons (Fsp3) is 0.739. The van der Waals surface area contributed by atoms with Gasteiger partial charge in [-0.05, 0) is 45.0 Å². The SMILES string of the molecule is CC1=C([Si](C)(C)C)C(OC(=O)C(C)(C)C)=C([Si](C)(C)C)C1(C)C(=O)C(C)(C)C. The van der Waals surface area contributed by atoms with Gasteiger partial charge >= 0.3 is 5.97 Å². The Morgan fingerprint density at radius 1 is 0.821 bits per heavy atom. The van der Waals surface area contributed by atoms with E-state index < -0.39 is 32.4 Å². The van der Waals surface area contributed by atoms with Crippen molar-refractivity contribution in [2.24, 2.45) is 16.2 Å². The Hall–Kier alpha value is -0.946. The summed E-state index contributed by atoms with van der Waals surface area (Å²) in [5.74, 6) is 0.720. The first-order chi connectivity index (χ1) is 12.1. The lowest BCUT2D eigenvalue weighted by molar-refractivity contribution is -0.148. The number of carbonyl (C=O) groups excluding carboxylic acids is 2. The van der Waals surface area contributed by atoms with Crippen LogP contribution in [0, 0.1) is 16.2 Å². The first-order valence-corrected chi connectivity index (χ1v) is 17.3. The van der Waals surface area contributed by atoms with Crippen LogP contribution < -0.4 is 0 Å². The number of hydrogen-bond acceptors (Lipinski definition) is 3. The van der Waals surface area contributed by atoms with E-state index in [1.165, 1.54) is 0 Å². The van der Waals surface area contributed by atoms with Gasteiger partial charge in [0.1, 0.15) is 5.76 Å². The Balaban J connectivity index is 4.00. The molecule has 0 aromatic heterocycles. The molecule has 1 aliphatic carbocycles. The Kier molecular flexibility index (Phi) is 6.35. The largest absolute Gasteiger partial charge is 0.427 e. The fourth-order valence-corrected chi connectivity index (χ4v) is 9.35. The first-order valence-electron chi connectivity index (χ1n) is 10.3. The number of esters is 1. The summed E-state index contributed by atoms with van der Waals surface area (Å²) >= 11 is 0. The molecule has 0 saturated carbocycles. The minimum Gasteiger partial charge on any atom is -0.427 e. The predicted octanol–water partition coefficient (Wildman–Crippen LogP) is 6.54. The maximum atomic E-state index is 13.8. The van der Waals surface area contributed by atoms with E-state index >= 15 is 0 Å². The maximum Gasteiger partial charge on any atom is 0.316 e. The number of hydrogen-bond donors (Lipinski definition) is 0. The quantitative estimate of drug-likeness (QED) is 0.382. The zero-order valence-corrected chi connectivity index (χ0v) is 22.7. The zero-order valence-electron chi connectivity index (χ0n) is 20.7. The van der Waals surface area contributed by atoms with Gasteiger partial charge in [0.25, 0.3) is 0 Å². The molecule has 1 aliphatic rings. The summed E-state index contributed by atoms with van der Waals surface area (Å²) in [6.45, 7) is 29.3. The van der Waals surface area contributed by atoms with Crippen LogP contribution in [0.15, 0.2) is 21.7 Å². The Morgan fingerprint density at radius 2 is 1.25 bits per heavy atom. The van der Waals surface area contributed by atoms with Gasteiger partial charge in [0.15, 0.2) is 5.78 Å². The van der Waals surface area contributed by atoms with Gasteiger partial charge in [-0.25, -0.2) is 0 Å². The molecule has 0 aliphatic heterocycles. The van der Waals surface area contributed by atoms with Crippen molar-refractivity contribution >= 4 is 27.9 Å². The first kappa shape index (κ1) is 25.1. The number of allylic oxidation sites excluding steroid dienone is 3. The van der Waals surface area contributed by atoms with Crippen LogP contribution in [-0.4, -0.2) is 27.9 Å². The van der Waals surface area contributed by atoms with E-state index in [2.05, 4.69) is 53.1 Å². The van der Waals surface area contributed by atoms with Crippen LogP contribution in [0.1, 0.15) is 55.4 Å². The molecule has 1 rings (SSSR count). The standard InChI is InChI=1S/C23H42O3Si2/c1-15-17(27(9,10)11)16(26-20(25)22(5,6)7)18(28(12,13)14)23(15,8)19(24)21(2,3)4/h1-14H3. The van der Waals surface area contributed by atoms with Crippen LogP contribution in [0.3, 0.4) is 0 Å². The molecule has 1 atom stereocenters. The van der Waals surface area contributed by atoms with Crippen LogP contribution in [0.4, 0.5) is 0 Å². The van der Waals surface area contributed by atoms with Crippen molar-refractivity contribution in [3.05, 3.63) is 21.7 Å². The van der Waals surface area contributed by atoms with E-state index in [4.69, 9.17) is 4.74 Å². The summed E-state index contributed by atoms with van der Waals surface area (Å²) in [6.07, 6.45) is 0. The number of carbonyl (C=O) groups is 2. The van der Waals surface area contributed by atoms with Crippen molar-refractivity contribution < 1.29 is 14.3 Å². The maximum absolute atomic E-state index is 13.8. The van der Waals surface area contributed by atoms with Crippen molar-refractivity contribution in [3.8, 4) is 0 Å². The lowest BCUT2D eigenvalue weighted by Crippen LogP contribution is -2.45. The third-order valence-corrected chi connectivity index (χ3v) is 9.85. The summed E-state index contributed by atoms with van der Waals surface area (Å²) in [5, 5.41) is 2.25. The second-order valence-corrected chi connectivity index (χ2v) is 22.5. The minimum absolute atomic E-state index is 0.215. The molecule has 0 fully saturated rings. The molecule has 0 saturated heterocycles. The third kappa shape index (κ3) is 4.45. The van der Waals surface area contributed by atoms with Crippen LogP contribution >= 0.6 is 0 Å². The molecule has 0 radical (unpaired) electrons. The van der Waals surface area contributed by atoms with Gasteiger partial charge < -0.3 is 4.74 Å². The molecule has 0 aromatic rings. The monoisotopic (exact) mass is 422 g/mol. The zero-order chi connectivity index (χ0) is 22.7. The van der Waals surface area contributed by atoms with Gasteiger partial charge in [-0.2, -0.15) is 0 Å². The van der Waals surface area contributed by atoms with Gasteiger partial charge in [-0.15, -0.1) is 0 Å². The highest BCUT2D eigenvalue weighted by Crippen LogP contribution is 2.55. The predicted molar refractivity (Wildman–Crippen MR) is 125 cm³/mol. The fourth-order valence-electron chi connectivity index (χ4n) is 4.34. The lowest BCUT2D eigenvalue weighted by atomic mass is 9.71. The second kappa shape index (κ2) is 7.08. The molecule has 0 N–H and O–H groups in total. The van der Waals surface area contributed by atoms with Gasteiger partial charge in [0.2, 0.25) is 0 Å². The normalized spacial score (nSPS) is 22.1. The van der Waals surface area contributed by atoms with E-state index in [1.807, 2.05) is 41.5 Å². The topological polar surface area (TPSA) is 43.4 Å². The average Bonchev–Trinajstić information content (AvgIpc) is 2.63. The molecular weight excluding hydrogens is 380 g/mol. The lowest BCUT2D eigenvalue weighted by Gasteiger charge is -2.39. The van der Waals surface area contributed by atoms with Crippen LogP contribution in [0.5, 0.6) is 0 Å². The van der Waals surface area contributed by atoms with Crippen molar-refractivity contribution in [3.63, 3.8) is 0 Å². The molecule has 28 heavy (non-hydrogen) atoms. The Morgan fingerprint density at radius 3 is 1.54 bits per heavy atom. The Labute approximate surface area is 175 Å². The highest BCUT2D eigenvalue weighted by Gasteiger charge is 2.56. The van der Waals surface area contributed by atoms with Gasteiger partial charge in [0.05, 0.1) is 27.0 Å². The summed E-state index contributed by atoms with van der Waals surface area (Å²) in [4.78, 5) is 26.7. The molecule has 5 heteroatoms. The van der Waals surface area contributed by atoms with Crippen LogP contribution in [0.25, 0.3) is 0 Å². The van der Waals surface area contributed by atoms with E-state index in [-0.39, 0.29) is 11.8 Å². The molecular formula is C23H42O3Si2. The van der Waals surface area contributed by atoms with Crippen molar-refractivity contribution in [2.45, 2.75) is 94.7 Å². The van der Waals surface area contributed by atoms with E-state index in [1.54, 1.807) is 0 Å². The van der Waals surface area contributed by atoms with E-state index in [0.717, 1.165) is 21.7 Å². The second-order valence-electron chi connectivity index (χ2n) is 12.5. The molecule has 3 nitrogen and oxygen atoms in total. The van der Waals surface area contributed by atoms with Gasteiger partial charge in [-0.3, -0.25) is 9.59 Å². The summed E-state index contributed by atoms with van der Waals surface area (Å²) in [7, 11) is -3.87. The van der Waals surface area contributed by atoms with Crippen LogP contribution in [0.2, 0.25) is 39.3 Å². The van der Waals surface area contributed by atoms with Crippen molar-refractivity contribution in [1.82, 2.24) is 0 Å². The van der Waals surface area contributed by atoms with Gasteiger partial charge in [-0.1, -0.05) is 65.6 Å².